The lowest BCUT2D eigenvalue weighted by Crippen LogP contribution is -1.92. The van der Waals surface area contributed by atoms with Crippen molar-refractivity contribution in [3.05, 3.63) is 32.5 Å². The molecular formula is C10H9Br2NO. The summed E-state index contributed by atoms with van der Waals surface area (Å²) in [4.78, 5) is 15.2. The van der Waals surface area contributed by atoms with Crippen LogP contribution in [0.2, 0.25) is 0 Å². The molecule has 0 N–H and O–H groups in total. The molecule has 0 fully saturated rings. The van der Waals surface area contributed by atoms with Crippen molar-refractivity contribution < 1.29 is 4.79 Å². The van der Waals surface area contributed by atoms with Gasteiger partial charge < -0.3 is 0 Å². The van der Waals surface area contributed by atoms with Crippen LogP contribution in [0.1, 0.15) is 19.5 Å². The monoisotopic (exact) mass is 317 g/mol. The SMILES string of the molecule is CC(=O)/C(C)=C/c1ncc(Br)cc1Br. The van der Waals surface area contributed by atoms with Gasteiger partial charge in [0.25, 0.3) is 0 Å². The molecule has 14 heavy (non-hydrogen) atoms. The van der Waals surface area contributed by atoms with Gasteiger partial charge in [0.2, 0.25) is 0 Å². The van der Waals surface area contributed by atoms with Crippen molar-refractivity contribution in [2.45, 2.75) is 13.8 Å². The number of carbonyl (C=O) groups excluding carboxylic acids is 1. The molecule has 0 aliphatic carbocycles. The highest BCUT2D eigenvalue weighted by Crippen LogP contribution is 2.21. The summed E-state index contributed by atoms with van der Waals surface area (Å²) < 4.78 is 1.77. The van der Waals surface area contributed by atoms with Crippen LogP contribution in [0.4, 0.5) is 0 Å². The lowest BCUT2D eigenvalue weighted by molar-refractivity contribution is -0.113. The van der Waals surface area contributed by atoms with Crippen molar-refractivity contribution in [1.82, 2.24) is 4.98 Å². The second-order valence-electron chi connectivity index (χ2n) is 2.90. The number of ketones is 1. The maximum atomic E-state index is 11.0. The minimum absolute atomic E-state index is 0.0571. The molecule has 0 aliphatic heterocycles. The molecule has 1 aromatic heterocycles. The first-order valence-electron chi connectivity index (χ1n) is 4.01. The van der Waals surface area contributed by atoms with Crippen molar-refractivity contribution in [2.24, 2.45) is 0 Å². The molecule has 0 saturated heterocycles. The lowest BCUT2D eigenvalue weighted by Gasteiger charge is -1.99. The van der Waals surface area contributed by atoms with E-state index in [4.69, 9.17) is 0 Å². The van der Waals surface area contributed by atoms with Crippen LogP contribution in [0.5, 0.6) is 0 Å². The van der Waals surface area contributed by atoms with Crippen molar-refractivity contribution in [2.75, 3.05) is 0 Å². The van der Waals surface area contributed by atoms with Crippen LogP contribution in [0.3, 0.4) is 0 Å². The Hall–Kier alpha value is -0.480. The number of rotatable bonds is 2. The largest absolute Gasteiger partial charge is 0.295 e. The topological polar surface area (TPSA) is 30.0 Å². The molecule has 0 unspecified atom stereocenters. The molecule has 1 heterocycles. The van der Waals surface area contributed by atoms with E-state index in [1.165, 1.54) is 0 Å². The second kappa shape index (κ2) is 4.84. The number of hydrogen-bond acceptors (Lipinski definition) is 2. The van der Waals surface area contributed by atoms with Gasteiger partial charge in [-0.2, -0.15) is 0 Å². The summed E-state index contributed by atoms with van der Waals surface area (Å²) in [5, 5.41) is 0. The fourth-order valence-electron chi connectivity index (χ4n) is 0.838. The number of pyridine rings is 1. The highest BCUT2D eigenvalue weighted by molar-refractivity contribution is 9.11. The molecule has 74 valence electrons. The molecule has 4 heteroatoms. The Morgan fingerprint density at radius 2 is 2.07 bits per heavy atom. The van der Waals surface area contributed by atoms with Crippen LogP contribution in [0.25, 0.3) is 6.08 Å². The highest BCUT2D eigenvalue weighted by Gasteiger charge is 2.02. The summed E-state index contributed by atoms with van der Waals surface area (Å²) in [5.41, 5.74) is 1.46. The molecule has 0 spiro atoms. The minimum atomic E-state index is 0.0571. The molecule has 2 nitrogen and oxygen atoms in total. The Morgan fingerprint density at radius 1 is 1.43 bits per heavy atom. The van der Waals surface area contributed by atoms with Gasteiger partial charge in [-0.05, 0) is 63.4 Å². The number of allylic oxidation sites excluding steroid dienone is 1. The Balaban J connectivity index is 3.09. The summed E-state index contributed by atoms with van der Waals surface area (Å²) in [6.07, 6.45) is 3.46. The molecule has 0 bridgehead atoms. The molecule has 0 radical (unpaired) electrons. The first-order chi connectivity index (χ1) is 6.50. The Labute approximate surface area is 99.7 Å². The average molecular weight is 319 g/mol. The van der Waals surface area contributed by atoms with Crippen LogP contribution in [-0.4, -0.2) is 10.8 Å². The third-order valence-corrected chi connectivity index (χ3v) is 2.81. The standard InChI is InChI=1S/C10H9Br2NO/c1-6(7(2)14)3-10-9(12)4-8(11)5-13-10/h3-5H,1-2H3/b6-3+. The van der Waals surface area contributed by atoms with Gasteiger partial charge in [-0.1, -0.05) is 0 Å². The van der Waals surface area contributed by atoms with Gasteiger partial charge in [0.05, 0.1) is 5.69 Å². The van der Waals surface area contributed by atoms with E-state index in [1.54, 1.807) is 26.1 Å². The molecule has 0 amide bonds. The molecular weight excluding hydrogens is 310 g/mol. The Kier molecular flexibility index (Phi) is 4.01. The molecule has 0 saturated carbocycles. The normalized spacial score (nSPS) is 11.6. The molecule has 1 aromatic rings. The number of carbonyl (C=O) groups is 1. The third-order valence-electron chi connectivity index (χ3n) is 1.74. The van der Waals surface area contributed by atoms with E-state index in [2.05, 4.69) is 36.8 Å². The van der Waals surface area contributed by atoms with E-state index in [1.807, 2.05) is 6.07 Å². The predicted octanol–water partition coefficient (Wildman–Crippen LogP) is 3.60. The average Bonchev–Trinajstić information content (AvgIpc) is 2.09. The molecule has 1 rings (SSSR count). The third kappa shape index (κ3) is 3.03. The van der Waals surface area contributed by atoms with Gasteiger partial charge in [-0.25, -0.2) is 0 Å². The van der Waals surface area contributed by atoms with Crippen molar-refractivity contribution in [3.8, 4) is 0 Å². The number of nitrogens with zero attached hydrogens (tertiary/aromatic N) is 1. The van der Waals surface area contributed by atoms with Crippen LogP contribution in [0.15, 0.2) is 26.8 Å². The van der Waals surface area contributed by atoms with E-state index >= 15 is 0 Å². The summed E-state index contributed by atoms with van der Waals surface area (Å²) >= 11 is 6.69. The zero-order chi connectivity index (χ0) is 10.7. The summed E-state index contributed by atoms with van der Waals surface area (Å²) in [7, 11) is 0. The number of halogens is 2. The number of Topliss-reactive ketones (excluding diaryl/α,β-unsaturated/α-hetero) is 1. The van der Waals surface area contributed by atoms with Crippen molar-refractivity contribution >= 4 is 43.7 Å². The quantitative estimate of drug-likeness (QED) is 0.780. The van der Waals surface area contributed by atoms with Crippen LogP contribution in [-0.2, 0) is 4.79 Å². The van der Waals surface area contributed by atoms with E-state index in [0.717, 1.165) is 14.6 Å². The van der Waals surface area contributed by atoms with Gasteiger partial charge >= 0.3 is 0 Å². The van der Waals surface area contributed by atoms with Crippen LogP contribution in [0, 0.1) is 0 Å². The molecule has 0 aliphatic rings. The van der Waals surface area contributed by atoms with Crippen molar-refractivity contribution in [1.29, 1.82) is 0 Å². The van der Waals surface area contributed by atoms with Gasteiger partial charge in [0.15, 0.2) is 5.78 Å². The fraction of sp³-hybridized carbons (Fsp3) is 0.200. The molecule has 0 atom stereocenters. The van der Waals surface area contributed by atoms with Gasteiger partial charge in [0.1, 0.15) is 0 Å². The van der Waals surface area contributed by atoms with Gasteiger partial charge in [0, 0.05) is 15.1 Å². The van der Waals surface area contributed by atoms with E-state index < -0.39 is 0 Å². The van der Waals surface area contributed by atoms with E-state index in [-0.39, 0.29) is 5.78 Å². The Bertz CT molecular complexity index is 399. The minimum Gasteiger partial charge on any atom is -0.295 e. The number of aromatic nitrogens is 1. The smallest absolute Gasteiger partial charge is 0.155 e. The van der Waals surface area contributed by atoms with Gasteiger partial charge in [-0.3, -0.25) is 9.78 Å². The van der Waals surface area contributed by atoms with E-state index in [9.17, 15) is 4.79 Å². The fourth-order valence-corrected chi connectivity index (χ4v) is 1.94. The number of hydrogen-bond donors (Lipinski definition) is 0. The maximum absolute atomic E-state index is 11.0. The first-order valence-corrected chi connectivity index (χ1v) is 5.59. The first kappa shape index (κ1) is 11.6. The Morgan fingerprint density at radius 3 is 2.57 bits per heavy atom. The van der Waals surface area contributed by atoms with Gasteiger partial charge in [-0.15, -0.1) is 0 Å². The lowest BCUT2D eigenvalue weighted by atomic mass is 10.2. The van der Waals surface area contributed by atoms with Crippen molar-refractivity contribution in [3.63, 3.8) is 0 Å². The molecule has 0 aromatic carbocycles. The predicted molar refractivity (Wildman–Crippen MR) is 64.0 cm³/mol. The maximum Gasteiger partial charge on any atom is 0.155 e. The summed E-state index contributed by atoms with van der Waals surface area (Å²) in [5.74, 6) is 0.0571. The zero-order valence-electron chi connectivity index (χ0n) is 7.84. The highest BCUT2D eigenvalue weighted by atomic mass is 79.9. The second-order valence-corrected chi connectivity index (χ2v) is 4.67. The van der Waals surface area contributed by atoms with Crippen LogP contribution < -0.4 is 0 Å². The summed E-state index contributed by atoms with van der Waals surface area (Å²) in [6, 6.07) is 1.90. The van der Waals surface area contributed by atoms with Crippen LogP contribution >= 0.6 is 31.9 Å². The van der Waals surface area contributed by atoms with E-state index in [0.29, 0.717) is 5.57 Å². The summed E-state index contributed by atoms with van der Waals surface area (Å²) in [6.45, 7) is 3.32. The zero-order valence-corrected chi connectivity index (χ0v) is 11.0.